The number of nitrogens with two attached hydrogens (primary N) is 1. The van der Waals surface area contributed by atoms with Crippen LogP contribution in [0.1, 0.15) is 17.0 Å². The summed E-state index contributed by atoms with van der Waals surface area (Å²) in [6.07, 6.45) is 1.81. The van der Waals surface area contributed by atoms with Crippen LogP contribution in [0.2, 0.25) is 0 Å². The fourth-order valence-corrected chi connectivity index (χ4v) is 2.44. The SMILES string of the molecule is C=O.COC(=O)CCNC(=O)c1nc(-c2cc3cc(N)ccc3o2)cn1C. The van der Waals surface area contributed by atoms with Crippen molar-refractivity contribution in [2.45, 2.75) is 6.42 Å². The van der Waals surface area contributed by atoms with E-state index in [2.05, 4.69) is 15.0 Å². The average Bonchev–Trinajstić information content (AvgIpc) is 3.26. The Hall–Kier alpha value is -3.62. The van der Waals surface area contributed by atoms with E-state index in [9.17, 15) is 9.59 Å². The molecule has 27 heavy (non-hydrogen) atoms. The molecule has 0 saturated heterocycles. The Morgan fingerprint density at radius 3 is 2.78 bits per heavy atom. The summed E-state index contributed by atoms with van der Waals surface area (Å²) < 4.78 is 11.9. The van der Waals surface area contributed by atoms with E-state index in [0.717, 1.165) is 5.39 Å². The summed E-state index contributed by atoms with van der Waals surface area (Å²) in [5.41, 5.74) is 7.65. The Balaban J connectivity index is 0.00000126. The average molecular weight is 372 g/mol. The first kappa shape index (κ1) is 19.7. The van der Waals surface area contributed by atoms with Crippen molar-refractivity contribution in [3.8, 4) is 11.5 Å². The van der Waals surface area contributed by atoms with Crippen molar-refractivity contribution in [2.24, 2.45) is 7.05 Å². The number of nitrogen functional groups attached to an aromatic ring is 1. The molecule has 1 aromatic carbocycles. The van der Waals surface area contributed by atoms with Crippen molar-refractivity contribution in [3.63, 3.8) is 0 Å². The van der Waals surface area contributed by atoms with Gasteiger partial charge in [-0.15, -0.1) is 0 Å². The number of carbonyl (C=O) groups excluding carboxylic acids is 3. The highest BCUT2D eigenvalue weighted by molar-refractivity contribution is 5.92. The van der Waals surface area contributed by atoms with Gasteiger partial charge in [-0.25, -0.2) is 4.98 Å². The third-order valence-electron chi connectivity index (χ3n) is 3.71. The number of imidazole rings is 1. The zero-order valence-corrected chi connectivity index (χ0v) is 15.0. The molecule has 142 valence electrons. The molecule has 2 aromatic heterocycles. The summed E-state index contributed by atoms with van der Waals surface area (Å²) in [4.78, 5) is 35.6. The predicted molar refractivity (Wildman–Crippen MR) is 98.9 cm³/mol. The summed E-state index contributed by atoms with van der Waals surface area (Å²) in [7, 11) is 3.02. The van der Waals surface area contributed by atoms with E-state index in [0.29, 0.717) is 22.7 Å². The highest BCUT2D eigenvalue weighted by Crippen LogP contribution is 2.28. The molecule has 0 radical (unpaired) electrons. The van der Waals surface area contributed by atoms with Gasteiger partial charge >= 0.3 is 5.97 Å². The van der Waals surface area contributed by atoms with Gasteiger partial charge in [0, 0.05) is 30.9 Å². The number of aromatic nitrogens is 2. The number of esters is 1. The molecule has 9 nitrogen and oxygen atoms in total. The molecule has 0 bridgehead atoms. The number of benzene rings is 1. The molecule has 9 heteroatoms. The van der Waals surface area contributed by atoms with Gasteiger partial charge < -0.3 is 29.6 Å². The number of rotatable bonds is 5. The lowest BCUT2D eigenvalue weighted by atomic mass is 10.2. The van der Waals surface area contributed by atoms with Gasteiger partial charge in [0.25, 0.3) is 5.91 Å². The Kier molecular flexibility index (Phi) is 6.32. The van der Waals surface area contributed by atoms with Crippen LogP contribution in [0.5, 0.6) is 0 Å². The van der Waals surface area contributed by atoms with Gasteiger partial charge in [-0.05, 0) is 24.3 Å². The minimum Gasteiger partial charge on any atom is -0.469 e. The lowest BCUT2D eigenvalue weighted by Crippen LogP contribution is -2.28. The minimum atomic E-state index is -0.387. The summed E-state index contributed by atoms with van der Waals surface area (Å²) in [5.74, 6) is 0.00466. The summed E-state index contributed by atoms with van der Waals surface area (Å²) in [5, 5.41) is 3.50. The van der Waals surface area contributed by atoms with Crippen LogP contribution >= 0.6 is 0 Å². The Labute approximate surface area is 155 Å². The highest BCUT2D eigenvalue weighted by Gasteiger charge is 2.17. The highest BCUT2D eigenvalue weighted by atomic mass is 16.5. The van der Waals surface area contributed by atoms with Gasteiger partial charge in [0.15, 0.2) is 11.6 Å². The summed E-state index contributed by atoms with van der Waals surface area (Å²) >= 11 is 0. The van der Waals surface area contributed by atoms with Crippen LogP contribution < -0.4 is 11.1 Å². The Morgan fingerprint density at radius 2 is 2.07 bits per heavy atom. The van der Waals surface area contributed by atoms with E-state index in [1.165, 1.54) is 7.11 Å². The van der Waals surface area contributed by atoms with E-state index in [-0.39, 0.29) is 30.7 Å². The number of aryl methyl sites for hydroxylation is 1. The number of fused-ring (bicyclic) bond motifs is 1. The minimum absolute atomic E-state index is 0.102. The molecule has 0 aliphatic rings. The number of carbonyl (C=O) groups is 3. The Bertz CT molecular complexity index is 960. The van der Waals surface area contributed by atoms with Crippen molar-refractivity contribution < 1.29 is 23.5 Å². The first-order chi connectivity index (χ1) is 13.0. The van der Waals surface area contributed by atoms with Crippen LogP contribution in [-0.2, 0) is 21.4 Å². The molecule has 3 N–H and O–H groups in total. The monoisotopic (exact) mass is 372 g/mol. The number of amides is 1. The summed E-state index contributed by atoms with van der Waals surface area (Å²) in [6, 6.07) is 7.18. The van der Waals surface area contributed by atoms with Crippen molar-refractivity contribution in [3.05, 3.63) is 36.3 Å². The molecule has 3 rings (SSSR count). The third kappa shape index (κ3) is 4.51. The number of hydrogen-bond acceptors (Lipinski definition) is 7. The molecular weight excluding hydrogens is 352 g/mol. The maximum Gasteiger partial charge on any atom is 0.307 e. The van der Waals surface area contributed by atoms with Gasteiger partial charge in [-0.3, -0.25) is 9.59 Å². The van der Waals surface area contributed by atoms with Crippen LogP contribution in [0.4, 0.5) is 5.69 Å². The van der Waals surface area contributed by atoms with Crippen LogP contribution in [-0.4, -0.2) is 41.9 Å². The molecule has 2 heterocycles. The van der Waals surface area contributed by atoms with Crippen molar-refractivity contribution in [1.82, 2.24) is 14.9 Å². The van der Waals surface area contributed by atoms with Crippen LogP contribution in [0.25, 0.3) is 22.4 Å². The first-order valence-electron chi connectivity index (χ1n) is 7.94. The Morgan fingerprint density at radius 1 is 1.33 bits per heavy atom. The van der Waals surface area contributed by atoms with Gasteiger partial charge in [0.1, 0.15) is 18.1 Å². The van der Waals surface area contributed by atoms with E-state index >= 15 is 0 Å². The maximum atomic E-state index is 12.2. The van der Waals surface area contributed by atoms with Crippen LogP contribution in [0.15, 0.2) is 34.9 Å². The quantitative estimate of drug-likeness (QED) is 0.513. The zero-order valence-electron chi connectivity index (χ0n) is 15.0. The fraction of sp³-hybridized carbons (Fsp3) is 0.222. The zero-order chi connectivity index (χ0) is 20.0. The smallest absolute Gasteiger partial charge is 0.307 e. The second kappa shape index (κ2) is 8.65. The van der Waals surface area contributed by atoms with Gasteiger partial charge in [0.2, 0.25) is 0 Å². The summed E-state index contributed by atoms with van der Waals surface area (Å²) in [6.45, 7) is 2.18. The number of furan rings is 1. The lowest BCUT2D eigenvalue weighted by molar-refractivity contribution is -0.140. The van der Waals surface area contributed by atoms with Crippen LogP contribution in [0.3, 0.4) is 0 Å². The molecule has 3 aromatic rings. The second-order valence-electron chi connectivity index (χ2n) is 5.55. The molecule has 0 spiro atoms. The van der Waals surface area contributed by atoms with Crippen LogP contribution in [0, 0.1) is 0 Å². The van der Waals surface area contributed by atoms with Crippen molar-refractivity contribution in [1.29, 1.82) is 0 Å². The molecule has 0 aliphatic carbocycles. The van der Waals surface area contributed by atoms with Gasteiger partial charge in [-0.2, -0.15) is 0 Å². The molecule has 0 saturated carbocycles. The standard InChI is InChI=1S/C17H18N4O4.CH2O/c1-21-9-12(14-8-10-7-11(18)3-4-13(10)25-14)20-16(21)17(23)19-6-5-15(22)24-2;1-2/h3-4,7-9H,5-6,18H2,1-2H3,(H,19,23);1H2. The molecule has 0 fully saturated rings. The number of hydrogen-bond donors (Lipinski definition) is 2. The third-order valence-corrected chi connectivity index (χ3v) is 3.71. The molecule has 0 unspecified atom stereocenters. The fourth-order valence-electron chi connectivity index (χ4n) is 2.44. The van der Waals surface area contributed by atoms with E-state index in [1.54, 1.807) is 29.9 Å². The molecule has 1 amide bonds. The predicted octanol–water partition coefficient (Wildman–Crippen LogP) is 1.52. The van der Waals surface area contributed by atoms with Gasteiger partial charge in [-0.1, -0.05) is 0 Å². The number of anilines is 1. The van der Waals surface area contributed by atoms with Gasteiger partial charge in [0.05, 0.1) is 13.5 Å². The van der Waals surface area contributed by atoms with E-state index in [1.807, 2.05) is 18.9 Å². The topological polar surface area (TPSA) is 129 Å². The van der Waals surface area contributed by atoms with E-state index in [4.69, 9.17) is 14.9 Å². The molecule has 0 aliphatic heterocycles. The maximum absolute atomic E-state index is 12.2. The lowest BCUT2D eigenvalue weighted by Gasteiger charge is -2.03. The number of methoxy groups -OCH3 is 1. The number of nitrogens with zero attached hydrogens (tertiary/aromatic N) is 2. The normalized spacial score (nSPS) is 10.1. The van der Waals surface area contributed by atoms with Crippen molar-refractivity contribution in [2.75, 3.05) is 19.4 Å². The molecule has 0 atom stereocenters. The largest absolute Gasteiger partial charge is 0.469 e. The van der Waals surface area contributed by atoms with E-state index < -0.39 is 0 Å². The van der Waals surface area contributed by atoms with Crippen molar-refractivity contribution >= 4 is 35.3 Å². The molecular formula is C18H20N4O5. The second-order valence-corrected chi connectivity index (χ2v) is 5.55. The first-order valence-corrected chi connectivity index (χ1v) is 7.94. The number of ether oxygens (including phenoxy) is 1. The number of nitrogens with one attached hydrogen (secondary N) is 1.